The van der Waals surface area contributed by atoms with Gasteiger partial charge in [0.15, 0.2) is 0 Å². The van der Waals surface area contributed by atoms with E-state index in [-0.39, 0.29) is 0 Å². The monoisotopic (exact) mass is 195 g/mol. The predicted octanol–water partition coefficient (Wildman–Crippen LogP) is 0.924. The molecule has 1 rings (SSSR count). The zero-order chi connectivity index (χ0) is 10.6. The first-order valence-corrected chi connectivity index (χ1v) is 4.32. The van der Waals surface area contributed by atoms with E-state index < -0.39 is 18.0 Å². The minimum atomic E-state index is -0.865. The van der Waals surface area contributed by atoms with Crippen LogP contribution >= 0.6 is 0 Å². The SMILES string of the molecule is COC(=O)[C@H](C)[C@H](O)c1cccnc1. The number of carbonyl (C=O) groups is 1. The second-order valence-electron chi connectivity index (χ2n) is 3.04. The van der Waals surface area contributed by atoms with Crippen LogP contribution in [0.5, 0.6) is 0 Å². The van der Waals surface area contributed by atoms with Gasteiger partial charge in [0.1, 0.15) is 0 Å². The van der Waals surface area contributed by atoms with Gasteiger partial charge in [-0.2, -0.15) is 0 Å². The first-order valence-electron chi connectivity index (χ1n) is 4.32. The fourth-order valence-electron chi connectivity index (χ4n) is 1.15. The Morgan fingerprint density at radius 2 is 2.36 bits per heavy atom. The predicted molar refractivity (Wildman–Crippen MR) is 50.4 cm³/mol. The molecule has 0 aliphatic heterocycles. The van der Waals surface area contributed by atoms with Crippen molar-refractivity contribution in [2.45, 2.75) is 13.0 Å². The number of hydrogen-bond acceptors (Lipinski definition) is 4. The Hall–Kier alpha value is -1.42. The lowest BCUT2D eigenvalue weighted by Gasteiger charge is -2.16. The lowest BCUT2D eigenvalue weighted by atomic mass is 9.99. The standard InChI is InChI=1S/C10H13NO3/c1-7(10(13)14-2)9(12)8-4-3-5-11-6-8/h3-7,9,12H,1-2H3/t7-,9+/m1/s1. The Balaban J connectivity index is 2.75. The molecule has 0 bridgehead atoms. The molecule has 2 atom stereocenters. The highest BCUT2D eigenvalue weighted by Crippen LogP contribution is 2.21. The number of nitrogens with zero attached hydrogens (tertiary/aromatic N) is 1. The molecule has 14 heavy (non-hydrogen) atoms. The molecule has 0 aliphatic rings. The van der Waals surface area contributed by atoms with Gasteiger partial charge in [0.05, 0.1) is 19.1 Å². The molecule has 4 heteroatoms. The second kappa shape index (κ2) is 4.72. The summed E-state index contributed by atoms with van der Waals surface area (Å²) in [5, 5.41) is 9.75. The summed E-state index contributed by atoms with van der Waals surface area (Å²) >= 11 is 0. The van der Waals surface area contributed by atoms with Gasteiger partial charge in [-0.1, -0.05) is 6.07 Å². The average molecular weight is 195 g/mol. The normalized spacial score (nSPS) is 14.5. The molecule has 1 aromatic heterocycles. The zero-order valence-corrected chi connectivity index (χ0v) is 8.18. The molecule has 1 aromatic rings. The lowest BCUT2D eigenvalue weighted by Crippen LogP contribution is -2.20. The summed E-state index contributed by atoms with van der Waals surface area (Å²) in [6, 6.07) is 3.43. The van der Waals surface area contributed by atoms with Crippen LogP contribution < -0.4 is 0 Å². The van der Waals surface area contributed by atoms with Crippen LogP contribution in [0.1, 0.15) is 18.6 Å². The zero-order valence-electron chi connectivity index (χ0n) is 8.18. The summed E-state index contributed by atoms with van der Waals surface area (Å²) in [6.45, 7) is 1.61. The third-order valence-electron chi connectivity index (χ3n) is 2.07. The molecule has 0 radical (unpaired) electrons. The van der Waals surface area contributed by atoms with Crippen molar-refractivity contribution in [3.8, 4) is 0 Å². The molecule has 0 spiro atoms. The number of ether oxygens (including phenoxy) is 1. The number of aliphatic hydroxyl groups excluding tert-OH is 1. The fraction of sp³-hybridized carbons (Fsp3) is 0.400. The van der Waals surface area contributed by atoms with E-state index in [2.05, 4.69) is 9.72 Å². The summed E-state index contributed by atoms with van der Waals surface area (Å²) in [4.78, 5) is 15.0. The molecule has 4 nitrogen and oxygen atoms in total. The van der Waals surface area contributed by atoms with Crippen LogP contribution in [0.3, 0.4) is 0 Å². The first kappa shape index (κ1) is 10.7. The van der Waals surface area contributed by atoms with Crippen molar-refractivity contribution in [1.29, 1.82) is 0 Å². The van der Waals surface area contributed by atoms with Crippen molar-refractivity contribution in [3.63, 3.8) is 0 Å². The maximum absolute atomic E-state index is 11.1. The summed E-state index contributed by atoms with van der Waals surface area (Å²) in [7, 11) is 1.30. The molecule has 76 valence electrons. The summed E-state index contributed by atoms with van der Waals surface area (Å²) in [5.41, 5.74) is 0.616. The molecule has 0 saturated carbocycles. The first-order chi connectivity index (χ1) is 6.66. The van der Waals surface area contributed by atoms with Crippen molar-refractivity contribution in [2.24, 2.45) is 5.92 Å². The molecule has 0 fully saturated rings. The maximum atomic E-state index is 11.1. The third kappa shape index (κ3) is 2.29. The molecular weight excluding hydrogens is 182 g/mol. The van der Waals surface area contributed by atoms with Crippen LogP contribution in [0.15, 0.2) is 24.5 Å². The van der Waals surface area contributed by atoms with Gasteiger partial charge < -0.3 is 9.84 Å². The summed E-state index contributed by atoms with van der Waals surface area (Å²) in [5.74, 6) is -1.01. The lowest BCUT2D eigenvalue weighted by molar-refractivity contribution is -0.148. The number of esters is 1. The fourth-order valence-corrected chi connectivity index (χ4v) is 1.15. The minimum absolute atomic E-state index is 0.429. The number of aromatic nitrogens is 1. The average Bonchev–Trinajstić information content (AvgIpc) is 2.27. The minimum Gasteiger partial charge on any atom is -0.469 e. The van der Waals surface area contributed by atoms with Gasteiger partial charge in [0, 0.05) is 12.4 Å². The van der Waals surface area contributed by atoms with Crippen LogP contribution in [0.2, 0.25) is 0 Å². The Morgan fingerprint density at radius 1 is 1.64 bits per heavy atom. The number of rotatable bonds is 3. The highest BCUT2D eigenvalue weighted by molar-refractivity contribution is 5.72. The van der Waals surface area contributed by atoms with E-state index >= 15 is 0 Å². The van der Waals surface area contributed by atoms with Crippen molar-refractivity contribution in [3.05, 3.63) is 30.1 Å². The number of pyridine rings is 1. The Morgan fingerprint density at radius 3 is 2.86 bits per heavy atom. The van der Waals surface area contributed by atoms with E-state index in [4.69, 9.17) is 0 Å². The molecular formula is C10H13NO3. The van der Waals surface area contributed by atoms with Crippen LogP contribution in [-0.4, -0.2) is 23.2 Å². The van der Waals surface area contributed by atoms with Gasteiger partial charge in [0.25, 0.3) is 0 Å². The number of hydrogen-bond donors (Lipinski definition) is 1. The number of carbonyl (C=O) groups excluding carboxylic acids is 1. The van der Waals surface area contributed by atoms with E-state index in [0.29, 0.717) is 5.56 Å². The smallest absolute Gasteiger partial charge is 0.311 e. The molecule has 1 N–H and O–H groups in total. The second-order valence-corrected chi connectivity index (χ2v) is 3.04. The quantitative estimate of drug-likeness (QED) is 0.729. The molecule has 1 heterocycles. The van der Waals surface area contributed by atoms with Gasteiger partial charge in [-0.05, 0) is 18.6 Å². The maximum Gasteiger partial charge on any atom is 0.311 e. The third-order valence-corrected chi connectivity index (χ3v) is 2.07. The summed E-state index contributed by atoms with van der Waals surface area (Å²) < 4.78 is 4.54. The highest BCUT2D eigenvalue weighted by Gasteiger charge is 2.23. The van der Waals surface area contributed by atoms with Crippen molar-refractivity contribution in [1.82, 2.24) is 4.98 Å². The molecule has 0 aliphatic carbocycles. The van der Waals surface area contributed by atoms with Crippen LogP contribution in [-0.2, 0) is 9.53 Å². The van der Waals surface area contributed by atoms with Crippen molar-refractivity contribution in [2.75, 3.05) is 7.11 Å². The largest absolute Gasteiger partial charge is 0.469 e. The Kier molecular flexibility index (Phi) is 3.59. The van der Waals surface area contributed by atoms with Crippen molar-refractivity contribution >= 4 is 5.97 Å². The van der Waals surface area contributed by atoms with Gasteiger partial charge in [-0.15, -0.1) is 0 Å². The van der Waals surface area contributed by atoms with E-state index in [1.54, 1.807) is 25.3 Å². The van der Waals surface area contributed by atoms with E-state index in [1.807, 2.05) is 0 Å². The Labute approximate surface area is 82.5 Å². The molecule has 0 aromatic carbocycles. The topological polar surface area (TPSA) is 59.4 Å². The Bertz CT molecular complexity index is 299. The van der Waals surface area contributed by atoms with E-state index in [1.165, 1.54) is 13.3 Å². The number of methoxy groups -OCH3 is 1. The van der Waals surface area contributed by atoms with E-state index in [9.17, 15) is 9.90 Å². The van der Waals surface area contributed by atoms with Gasteiger partial charge in [-0.3, -0.25) is 9.78 Å². The molecule has 0 saturated heterocycles. The van der Waals surface area contributed by atoms with Gasteiger partial charge >= 0.3 is 5.97 Å². The molecule has 0 unspecified atom stereocenters. The van der Waals surface area contributed by atoms with Crippen molar-refractivity contribution < 1.29 is 14.6 Å². The van der Waals surface area contributed by atoms with Crippen LogP contribution in [0.25, 0.3) is 0 Å². The van der Waals surface area contributed by atoms with Gasteiger partial charge in [0.2, 0.25) is 0 Å². The van der Waals surface area contributed by atoms with Crippen LogP contribution in [0, 0.1) is 5.92 Å². The number of aliphatic hydroxyl groups is 1. The summed E-state index contributed by atoms with van der Waals surface area (Å²) in [6.07, 6.45) is 2.28. The van der Waals surface area contributed by atoms with Crippen LogP contribution in [0.4, 0.5) is 0 Å². The van der Waals surface area contributed by atoms with Gasteiger partial charge in [-0.25, -0.2) is 0 Å². The molecule has 0 amide bonds. The van der Waals surface area contributed by atoms with E-state index in [0.717, 1.165) is 0 Å². The highest BCUT2D eigenvalue weighted by atomic mass is 16.5.